The Balaban J connectivity index is 2.16. The molecular formula is C15H20ClN3O3. The first kappa shape index (κ1) is 16.7. The van der Waals surface area contributed by atoms with Gasteiger partial charge in [-0.3, -0.25) is 9.59 Å². The van der Waals surface area contributed by atoms with E-state index in [1.165, 1.54) is 12.1 Å². The van der Waals surface area contributed by atoms with Gasteiger partial charge in [0.25, 0.3) is 0 Å². The van der Waals surface area contributed by atoms with Gasteiger partial charge in [-0.25, -0.2) is 0 Å². The zero-order valence-corrected chi connectivity index (χ0v) is 13.2. The highest BCUT2D eigenvalue weighted by molar-refractivity contribution is 6.34. The molecule has 2 amide bonds. The third kappa shape index (κ3) is 3.58. The number of carbonyl (C=O) groups is 2. The minimum absolute atomic E-state index is 0.0984. The summed E-state index contributed by atoms with van der Waals surface area (Å²) in [6.07, 6.45) is 1.42. The molecule has 0 spiro atoms. The molecule has 1 aromatic rings. The highest BCUT2D eigenvalue weighted by Crippen LogP contribution is 2.31. The van der Waals surface area contributed by atoms with Crippen molar-refractivity contribution in [1.29, 1.82) is 0 Å². The molecule has 1 aliphatic heterocycles. The standard InChI is InChI=1S/C15H20ClN3O3/c1-22-9-15(4-6-18-7-5-15)14(21)19-10-2-3-11(13(17)20)12(16)8-10/h2-3,8,18H,4-7,9H2,1H3,(H2,17,20)(H,19,21). The number of methoxy groups -OCH3 is 1. The number of halogens is 1. The van der Waals surface area contributed by atoms with Crippen molar-refractivity contribution in [3.8, 4) is 0 Å². The van der Waals surface area contributed by atoms with Crippen molar-refractivity contribution in [1.82, 2.24) is 5.32 Å². The molecule has 22 heavy (non-hydrogen) atoms. The highest BCUT2D eigenvalue weighted by atomic mass is 35.5. The van der Waals surface area contributed by atoms with Gasteiger partial charge in [0.05, 0.1) is 22.6 Å². The van der Waals surface area contributed by atoms with Gasteiger partial charge in [0.2, 0.25) is 11.8 Å². The van der Waals surface area contributed by atoms with E-state index < -0.39 is 11.3 Å². The number of hydrogen-bond acceptors (Lipinski definition) is 4. The second-order valence-corrected chi connectivity index (χ2v) is 5.88. The zero-order chi connectivity index (χ0) is 16.2. The number of piperidine rings is 1. The number of ether oxygens (including phenoxy) is 1. The minimum atomic E-state index is -0.600. The average Bonchev–Trinajstić information content (AvgIpc) is 2.48. The van der Waals surface area contributed by atoms with E-state index in [1.807, 2.05) is 0 Å². The summed E-state index contributed by atoms with van der Waals surface area (Å²) in [7, 11) is 1.59. The zero-order valence-electron chi connectivity index (χ0n) is 12.4. The number of hydrogen-bond donors (Lipinski definition) is 3. The van der Waals surface area contributed by atoms with E-state index in [1.54, 1.807) is 13.2 Å². The van der Waals surface area contributed by atoms with Gasteiger partial charge in [-0.2, -0.15) is 0 Å². The number of rotatable bonds is 5. The van der Waals surface area contributed by atoms with E-state index in [9.17, 15) is 9.59 Å². The van der Waals surface area contributed by atoms with Gasteiger partial charge in [-0.05, 0) is 44.1 Å². The Bertz CT molecular complexity index is 566. The molecule has 0 atom stereocenters. The van der Waals surface area contributed by atoms with Crippen LogP contribution >= 0.6 is 11.6 Å². The summed E-state index contributed by atoms with van der Waals surface area (Å²) in [6, 6.07) is 4.65. The Kier molecular flexibility index (Phi) is 5.39. The molecular weight excluding hydrogens is 306 g/mol. The van der Waals surface area contributed by atoms with Crippen LogP contribution in [0.25, 0.3) is 0 Å². The maximum atomic E-state index is 12.7. The predicted molar refractivity (Wildman–Crippen MR) is 85.0 cm³/mol. The molecule has 0 unspecified atom stereocenters. The van der Waals surface area contributed by atoms with Gasteiger partial charge >= 0.3 is 0 Å². The van der Waals surface area contributed by atoms with E-state index in [0.29, 0.717) is 25.1 Å². The summed E-state index contributed by atoms with van der Waals surface area (Å²) in [5.41, 5.74) is 5.43. The SMILES string of the molecule is COCC1(C(=O)Nc2ccc(C(N)=O)c(Cl)c2)CCNCC1. The van der Waals surface area contributed by atoms with Crippen molar-refractivity contribution in [2.45, 2.75) is 12.8 Å². The molecule has 1 fully saturated rings. The molecule has 0 aliphatic carbocycles. The summed E-state index contributed by atoms with van der Waals surface area (Å²) in [5, 5.41) is 6.32. The average molecular weight is 326 g/mol. The number of nitrogens with one attached hydrogen (secondary N) is 2. The molecule has 2 rings (SSSR count). The van der Waals surface area contributed by atoms with Crippen LogP contribution in [0.5, 0.6) is 0 Å². The smallest absolute Gasteiger partial charge is 0.250 e. The quantitative estimate of drug-likeness (QED) is 0.762. The molecule has 120 valence electrons. The lowest BCUT2D eigenvalue weighted by atomic mass is 9.78. The maximum Gasteiger partial charge on any atom is 0.250 e. The van der Waals surface area contributed by atoms with Crippen LogP contribution in [-0.4, -0.2) is 38.6 Å². The summed E-state index contributed by atoms with van der Waals surface area (Å²) < 4.78 is 5.24. The van der Waals surface area contributed by atoms with Crippen LogP contribution in [0.1, 0.15) is 23.2 Å². The van der Waals surface area contributed by atoms with Crippen LogP contribution in [-0.2, 0) is 9.53 Å². The molecule has 0 radical (unpaired) electrons. The summed E-state index contributed by atoms with van der Waals surface area (Å²) in [6.45, 7) is 1.92. The van der Waals surface area contributed by atoms with Crippen LogP contribution in [0, 0.1) is 5.41 Å². The van der Waals surface area contributed by atoms with Crippen LogP contribution in [0.4, 0.5) is 5.69 Å². The third-order valence-corrected chi connectivity index (χ3v) is 4.27. The number of nitrogens with two attached hydrogens (primary N) is 1. The molecule has 1 saturated heterocycles. The minimum Gasteiger partial charge on any atom is -0.384 e. The van der Waals surface area contributed by atoms with Gasteiger partial charge in [0.15, 0.2) is 0 Å². The maximum absolute atomic E-state index is 12.7. The van der Waals surface area contributed by atoms with Gasteiger partial charge in [0, 0.05) is 12.8 Å². The fourth-order valence-corrected chi connectivity index (χ4v) is 2.95. The van der Waals surface area contributed by atoms with E-state index in [-0.39, 0.29) is 16.5 Å². The first-order valence-electron chi connectivity index (χ1n) is 7.09. The van der Waals surface area contributed by atoms with E-state index in [2.05, 4.69) is 10.6 Å². The Labute approximate surface area is 134 Å². The molecule has 1 aliphatic rings. The second-order valence-electron chi connectivity index (χ2n) is 5.48. The van der Waals surface area contributed by atoms with Crippen molar-refractivity contribution in [3.05, 3.63) is 28.8 Å². The lowest BCUT2D eigenvalue weighted by Crippen LogP contribution is -2.47. The fraction of sp³-hybridized carbons (Fsp3) is 0.467. The second kappa shape index (κ2) is 7.09. The summed E-state index contributed by atoms with van der Waals surface area (Å²) in [5.74, 6) is -0.698. The number of carbonyl (C=O) groups excluding carboxylic acids is 2. The topological polar surface area (TPSA) is 93.4 Å². The normalized spacial score (nSPS) is 17.0. The largest absolute Gasteiger partial charge is 0.384 e. The third-order valence-electron chi connectivity index (χ3n) is 3.96. The van der Waals surface area contributed by atoms with Crippen LogP contribution in [0.15, 0.2) is 18.2 Å². The van der Waals surface area contributed by atoms with Gasteiger partial charge in [-0.15, -0.1) is 0 Å². The Morgan fingerprint density at radius 1 is 1.41 bits per heavy atom. The molecule has 1 heterocycles. The Morgan fingerprint density at radius 3 is 2.64 bits per heavy atom. The number of anilines is 1. The van der Waals surface area contributed by atoms with Gasteiger partial charge < -0.3 is 21.1 Å². The highest BCUT2D eigenvalue weighted by Gasteiger charge is 2.39. The monoisotopic (exact) mass is 325 g/mol. The lowest BCUT2D eigenvalue weighted by molar-refractivity contribution is -0.130. The van der Waals surface area contributed by atoms with Crippen molar-refractivity contribution >= 4 is 29.1 Å². The Hall–Kier alpha value is -1.63. The van der Waals surface area contributed by atoms with Crippen LogP contribution < -0.4 is 16.4 Å². The summed E-state index contributed by atoms with van der Waals surface area (Å²) in [4.78, 5) is 23.8. The van der Waals surface area contributed by atoms with E-state index in [4.69, 9.17) is 22.1 Å². The predicted octanol–water partition coefficient (Wildman–Crippen LogP) is 1.39. The van der Waals surface area contributed by atoms with Crippen molar-refractivity contribution in [3.63, 3.8) is 0 Å². The fourth-order valence-electron chi connectivity index (χ4n) is 2.67. The molecule has 0 aromatic heterocycles. The lowest BCUT2D eigenvalue weighted by Gasteiger charge is -2.35. The first-order valence-corrected chi connectivity index (χ1v) is 7.47. The number of primary amides is 1. The van der Waals surface area contributed by atoms with Gasteiger partial charge in [-0.1, -0.05) is 11.6 Å². The molecule has 4 N–H and O–H groups in total. The van der Waals surface area contributed by atoms with Crippen molar-refractivity contribution in [2.75, 3.05) is 32.1 Å². The number of benzene rings is 1. The molecule has 7 heteroatoms. The van der Waals surface area contributed by atoms with Crippen molar-refractivity contribution < 1.29 is 14.3 Å². The molecule has 6 nitrogen and oxygen atoms in total. The summed E-state index contributed by atoms with van der Waals surface area (Å²) >= 11 is 6.00. The molecule has 1 aromatic carbocycles. The van der Waals surface area contributed by atoms with E-state index >= 15 is 0 Å². The van der Waals surface area contributed by atoms with Crippen LogP contribution in [0.3, 0.4) is 0 Å². The van der Waals surface area contributed by atoms with Gasteiger partial charge in [0.1, 0.15) is 0 Å². The molecule has 0 saturated carbocycles. The molecule has 0 bridgehead atoms. The number of amides is 2. The Morgan fingerprint density at radius 2 is 2.09 bits per heavy atom. The van der Waals surface area contributed by atoms with Crippen LogP contribution in [0.2, 0.25) is 5.02 Å². The van der Waals surface area contributed by atoms with E-state index in [0.717, 1.165) is 13.1 Å². The first-order chi connectivity index (χ1) is 10.5. The van der Waals surface area contributed by atoms with Crippen molar-refractivity contribution in [2.24, 2.45) is 11.1 Å².